The van der Waals surface area contributed by atoms with Crippen LogP contribution in [0.2, 0.25) is 0 Å². The first kappa shape index (κ1) is 13.7. The van der Waals surface area contributed by atoms with Gasteiger partial charge in [0.25, 0.3) is 0 Å². The lowest BCUT2D eigenvalue weighted by Gasteiger charge is -2.26. The van der Waals surface area contributed by atoms with Gasteiger partial charge in [-0.2, -0.15) is 0 Å². The van der Waals surface area contributed by atoms with Crippen LogP contribution >= 0.6 is 27.7 Å². The summed E-state index contributed by atoms with van der Waals surface area (Å²) in [5.41, 5.74) is 6.57. The molecule has 0 aromatic heterocycles. The Morgan fingerprint density at radius 2 is 2.17 bits per heavy atom. The van der Waals surface area contributed by atoms with Crippen LogP contribution < -0.4 is 5.73 Å². The molecule has 0 spiro atoms. The molecule has 0 unspecified atom stereocenters. The van der Waals surface area contributed by atoms with Crippen molar-refractivity contribution in [3.05, 3.63) is 22.7 Å². The molecule has 1 fully saturated rings. The van der Waals surface area contributed by atoms with Crippen LogP contribution in [0.1, 0.15) is 0 Å². The summed E-state index contributed by atoms with van der Waals surface area (Å²) >= 11 is 4.88. The van der Waals surface area contributed by atoms with E-state index in [-0.39, 0.29) is 5.91 Å². The number of amides is 1. The molecule has 6 heteroatoms. The summed E-state index contributed by atoms with van der Waals surface area (Å²) in [6, 6.07) is 5.67. The third kappa shape index (κ3) is 3.63. The standard InChI is InChI=1S/C12H15BrN2O2S/c13-9-1-2-10(14)11(7-9)18-8-12(16)15-3-5-17-6-4-15/h1-2,7H,3-6,8,14H2. The third-order valence-electron chi connectivity index (χ3n) is 2.69. The van der Waals surface area contributed by atoms with Gasteiger partial charge in [0, 0.05) is 28.1 Å². The van der Waals surface area contributed by atoms with Crippen LogP contribution in [0.15, 0.2) is 27.6 Å². The van der Waals surface area contributed by atoms with Crippen molar-refractivity contribution >= 4 is 39.3 Å². The molecule has 2 rings (SSSR count). The van der Waals surface area contributed by atoms with Gasteiger partial charge in [0.1, 0.15) is 0 Å². The number of nitrogen functional groups attached to an aromatic ring is 1. The van der Waals surface area contributed by atoms with Crippen LogP contribution in [-0.2, 0) is 9.53 Å². The smallest absolute Gasteiger partial charge is 0.233 e. The van der Waals surface area contributed by atoms with Gasteiger partial charge < -0.3 is 15.4 Å². The van der Waals surface area contributed by atoms with Crippen LogP contribution in [0.25, 0.3) is 0 Å². The Morgan fingerprint density at radius 1 is 1.44 bits per heavy atom. The lowest BCUT2D eigenvalue weighted by molar-refractivity contribution is -0.132. The Morgan fingerprint density at radius 3 is 2.89 bits per heavy atom. The van der Waals surface area contributed by atoms with Crippen molar-refractivity contribution in [2.24, 2.45) is 0 Å². The van der Waals surface area contributed by atoms with Crippen LogP contribution in [-0.4, -0.2) is 42.9 Å². The summed E-state index contributed by atoms with van der Waals surface area (Å²) in [5, 5.41) is 0. The van der Waals surface area contributed by atoms with E-state index in [4.69, 9.17) is 10.5 Å². The number of anilines is 1. The van der Waals surface area contributed by atoms with Crippen molar-refractivity contribution in [1.82, 2.24) is 4.90 Å². The molecule has 1 aliphatic rings. The lowest BCUT2D eigenvalue weighted by atomic mass is 10.3. The molecular weight excluding hydrogens is 316 g/mol. The number of nitrogens with zero attached hydrogens (tertiary/aromatic N) is 1. The van der Waals surface area contributed by atoms with Gasteiger partial charge in [-0.05, 0) is 18.2 Å². The van der Waals surface area contributed by atoms with Crippen molar-refractivity contribution in [3.8, 4) is 0 Å². The van der Waals surface area contributed by atoms with E-state index >= 15 is 0 Å². The van der Waals surface area contributed by atoms with E-state index in [1.54, 1.807) is 0 Å². The minimum Gasteiger partial charge on any atom is -0.398 e. The third-order valence-corrected chi connectivity index (χ3v) is 4.24. The number of hydrogen-bond donors (Lipinski definition) is 1. The summed E-state index contributed by atoms with van der Waals surface area (Å²) < 4.78 is 6.19. The van der Waals surface area contributed by atoms with Crippen LogP contribution in [0, 0.1) is 0 Å². The molecule has 1 heterocycles. The maximum absolute atomic E-state index is 12.0. The average Bonchev–Trinajstić information content (AvgIpc) is 2.40. The second kappa shape index (κ2) is 6.45. The molecule has 0 aliphatic carbocycles. The SMILES string of the molecule is Nc1ccc(Br)cc1SCC(=O)N1CCOCC1. The molecule has 2 N–H and O–H groups in total. The molecule has 0 atom stereocenters. The summed E-state index contributed by atoms with van der Waals surface area (Å²) in [6.45, 7) is 2.64. The monoisotopic (exact) mass is 330 g/mol. The number of thioether (sulfide) groups is 1. The van der Waals surface area contributed by atoms with Crippen molar-refractivity contribution in [1.29, 1.82) is 0 Å². The molecule has 1 saturated heterocycles. The lowest BCUT2D eigenvalue weighted by Crippen LogP contribution is -2.41. The highest BCUT2D eigenvalue weighted by molar-refractivity contribution is 9.10. The van der Waals surface area contributed by atoms with Crippen molar-refractivity contribution < 1.29 is 9.53 Å². The predicted octanol–water partition coefficient (Wildman–Crippen LogP) is 1.98. The maximum Gasteiger partial charge on any atom is 0.233 e. The maximum atomic E-state index is 12.0. The molecule has 18 heavy (non-hydrogen) atoms. The zero-order valence-corrected chi connectivity index (χ0v) is 12.3. The summed E-state index contributed by atoms with van der Waals surface area (Å²) in [7, 11) is 0. The predicted molar refractivity (Wildman–Crippen MR) is 76.7 cm³/mol. The van der Waals surface area contributed by atoms with E-state index in [0.717, 1.165) is 9.37 Å². The Labute approximate surface area is 119 Å². The highest BCUT2D eigenvalue weighted by Gasteiger charge is 2.17. The number of rotatable bonds is 3. The second-order valence-corrected chi connectivity index (χ2v) is 5.90. The fourth-order valence-electron chi connectivity index (χ4n) is 1.68. The minimum atomic E-state index is 0.141. The van der Waals surface area contributed by atoms with E-state index in [1.807, 2.05) is 23.1 Å². The summed E-state index contributed by atoms with van der Waals surface area (Å²) in [6.07, 6.45) is 0. The number of halogens is 1. The zero-order valence-electron chi connectivity index (χ0n) is 9.89. The van der Waals surface area contributed by atoms with Crippen LogP contribution in [0.3, 0.4) is 0 Å². The van der Waals surface area contributed by atoms with Gasteiger partial charge in [0.15, 0.2) is 0 Å². The Kier molecular flexibility index (Phi) is 4.91. The number of benzene rings is 1. The normalized spacial score (nSPS) is 15.7. The molecule has 1 aromatic rings. The van der Waals surface area contributed by atoms with Gasteiger partial charge >= 0.3 is 0 Å². The van der Waals surface area contributed by atoms with E-state index in [1.165, 1.54) is 11.8 Å². The zero-order chi connectivity index (χ0) is 13.0. The number of nitrogens with two attached hydrogens (primary N) is 1. The topological polar surface area (TPSA) is 55.6 Å². The van der Waals surface area contributed by atoms with E-state index in [2.05, 4.69) is 15.9 Å². The van der Waals surface area contributed by atoms with Gasteiger partial charge in [0.2, 0.25) is 5.91 Å². The Balaban J connectivity index is 1.90. The number of carbonyl (C=O) groups is 1. The van der Waals surface area contributed by atoms with Crippen molar-refractivity contribution in [2.75, 3.05) is 37.8 Å². The number of ether oxygens (including phenoxy) is 1. The second-order valence-electron chi connectivity index (χ2n) is 3.96. The first-order valence-electron chi connectivity index (χ1n) is 5.70. The molecular formula is C12H15BrN2O2S. The summed E-state index contributed by atoms with van der Waals surface area (Å²) in [4.78, 5) is 14.7. The van der Waals surface area contributed by atoms with Crippen LogP contribution in [0.5, 0.6) is 0 Å². The van der Waals surface area contributed by atoms with E-state index in [9.17, 15) is 4.79 Å². The first-order valence-corrected chi connectivity index (χ1v) is 7.48. The fourth-order valence-corrected chi connectivity index (χ4v) is 3.10. The van der Waals surface area contributed by atoms with Crippen molar-refractivity contribution in [3.63, 3.8) is 0 Å². The molecule has 4 nitrogen and oxygen atoms in total. The van der Waals surface area contributed by atoms with Gasteiger partial charge in [-0.3, -0.25) is 4.79 Å². The number of morpholine rings is 1. The van der Waals surface area contributed by atoms with Gasteiger partial charge in [-0.25, -0.2) is 0 Å². The Bertz CT molecular complexity index is 436. The average molecular weight is 331 g/mol. The van der Waals surface area contributed by atoms with E-state index < -0.39 is 0 Å². The van der Waals surface area contributed by atoms with E-state index in [0.29, 0.717) is 37.7 Å². The minimum absolute atomic E-state index is 0.141. The largest absolute Gasteiger partial charge is 0.398 e. The molecule has 1 aliphatic heterocycles. The van der Waals surface area contributed by atoms with Gasteiger partial charge in [-0.1, -0.05) is 15.9 Å². The fraction of sp³-hybridized carbons (Fsp3) is 0.417. The van der Waals surface area contributed by atoms with Gasteiger partial charge in [-0.15, -0.1) is 11.8 Å². The molecule has 98 valence electrons. The van der Waals surface area contributed by atoms with Crippen molar-refractivity contribution in [2.45, 2.75) is 4.90 Å². The Hall–Kier alpha value is -0.720. The molecule has 1 aromatic carbocycles. The summed E-state index contributed by atoms with van der Waals surface area (Å²) in [5.74, 6) is 0.559. The quantitative estimate of drug-likeness (QED) is 0.680. The van der Waals surface area contributed by atoms with Crippen LogP contribution in [0.4, 0.5) is 5.69 Å². The molecule has 0 saturated carbocycles. The molecule has 1 amide bonds. The van der Waals surface area contributed by atoms with Gasteiger partial charge in [0.05, 0.1) is 19.0 Å². The molecule has 0 bridgehead atoms. The highest BCUT2D eigenvalue weighted by atomic mass is 79.9. The first-order chi connectivity index (χ1) is 8.66. The molecule has 0 radical (unpaired) electrons. The number of carbonyl (C=O) groups excluding carboxylic acids is 1. The highest BCUT2D eigenvalue weighted by Crippen LogP contribution is 2.28. The number of hydrogen-bond acceptors (Lipinski definition) is 4.